The second-order valence-corrected chi connectivity index (χ2v) is 13.3. The summed E-state index contributed by atoms with van der Waals surface area (Å²) in [6.07, 6.45) is 3.99. The smallest absolute Gasteiger partial charge is 0.339 e. The van der Waals surface area contributed by atoms with Crippen LogP contribution in [0.15, 0.2) is 77.3 Å². The Morgan fingerprint density at radius 2 is 1.58 bits per heavy atom. The Labute approximate surface area is 273 Å². The Kier molecular flexibility index (Phi) is 7.25. The normalized spacial score (nSPS) is 22.3. The fourth-order valence-electron chi connectivity index (χ4n) is 6.95. The molecule has 2 fully saturated rings. The summed E-state index contributed by atoms with van der Waals surface area (Å²) >= 11 is 10.0. The molecule has 2 amide bonds. The third kappa shape index (κ3) is 4.82. The molecule has 7 rings (SSSR count). The van der Waals surface area contributed by atoms with E-state index < -0.39 is 12.1 Å². The lowest BCUT2D eigenvalue weighted by Crippen LogP contribution is -2.32. The van der Waals surface area contributed by atoms with Crippen molar-refractivity contribution >= 4 is 67.7 Å². The van der Waals surface area contributed by atoms with Crippen molar-refractivity contribution in [3.63, 3.8) is 0 Å². The van der Waals surface area contributed by atoms with Gasteiger partial charge in [0.25, 0.3) is 0 Å². The number of imide groups is 1. The molecule has 2 aliphatic carbocycles. The number of carbonyl (C=O) groups is 4. The number of ketones is 1. The Hall–Kier alpha value is -4.14. The molecule has 2 bridgehead atoms. The average Bonchev–Trinajstić information content (AvgIpc) is 3.73. The molecule has 5 atom stereocenters. The van der Waals surface area contributed by atoms with E-state index in [9.17, 15) is 19.2 Å². The molecule has 7 nitrogen and oxygen atoms in total. The van der Waals surface area contributed by atoms with Gasteiger partial charge < -0.3 is 4.74 Å². The van der Waals surface area contributed by atoms with E-state index in [0.29, 0.717) is 48.5 Å². The van der Waals surface area contributed by atoms with Crippen LogP contribution < -0.4 is 4.90 Å². The quantitative estimate of drug-likeness (QED) is 0.0896. The number of nitrogens with zero attached hydrogens (tertiary/aromatic N) is 2. The van der Waals surface area contributed by atoms with Crippen molar-refractivity contribution in [1.29, 1.82) is 0 Å². The number of esters is 1. The molecular weight excluding hydrogens is 656 g/mol. The first-order valence-electron chi connectivity index (χ1n) is 14.8. The van der Waals surface area contributed by atoms with Crippen LogP contribution in [0.4, 0.5) is 5.69 Å². The minimum atomic E-state index is -1.02. The standard InChI is InChI=1S/C36H28BrClN2O5/c1-17-4-6-21(7-5-17)33(41)19(3)45-36(44)26-16-28(39-32-18(2)31(38)27(37)15-25(26)32)20-10-12-24(13-11-20)40-34(42)29-22-8-9-23(14-22)30(29)35(40)43/h4-13,15-16,19,22-23,29-30H,14H2,1-3H3. The molecule has 0 radical (unpaired) electrons. The van der Waals surface area contributed by atoms with Crippen LogP contribution in [0.1, 0.15) is 45.2 Å². The minimum absolute atomic E-state index is 0.130. The minimum Gasteiger partial charge on any atom is -0.451 e. The van der Waals surface area contributed by atoms with Crippen LogP contribution in [0.3, 0.4) is 0 Å². The maximum absolute atomic E-state index is 13.7. The van der Waals surface area contributed by atoms with Crippen molar-refractivity contribution in [1.82, 2.24) is 4.98 Å². The van der Waals surface area contributed by atoms with Crippen molar-refractivity contribution in [3.8, 4) is 11.3 Å². The highest BCUT2D eigenvalue weighted by atomic mass is 79.9. The van der Waals surface area contributed by atoms with Crippen LogP contribution in [0.2, 0.25) is 5.02 Å². The molecule has 1 aromatic heterocycles. The number of fused-ring (bicyclic) bond motifs is 6. The zero-order valence-corrected chi connectivity index (χ0v) is 27.1. The van der Waals surface area contributed by atoms with Gasteiger partial charge in [0.15, 0.2) is 6.10 Å². The number of Topliss-reactive ketones (excluding diaryl/α,β-unsaturated/α-hetero) is 1. The molecule has 9 heteroatoms. The molecule has 0 N–H and O–H groups in total. The highest BCUT2D eigenvalue weighted by Crippen LogP contribution is 2.53. The van der Waals surface area contributed by atoms with E-state index in [1.807, 2.05) is 26.0 Å². The Balaban J connectivity index is 1.22. The number of rotatable bonds is 6. The van der Waals surface area contributed by atoms with Gasteiger partial charge in [-0.05, 0) is 84.8 Å². The fourth-order valence-corrected chi connectivity index (χ4v) is 7.62. The van der Waals surface area contributed by atoms with Gasteiger partial charge in [-0.3, -0.25) is 19.3 Å². The average molecular weight is 684 g/mol. The van der Waals surface area contributed by atoms with Crippen LogP contribution in [0, 0.1) is 37.5 Å². The second kappa shape index (κ2) is 11.0. The number of benzene rings is 3. The number of pyridine rings is 1. The molecule has 3 aliphatic rings. The molecule has 45 heavy (non-hydrogen) atoms. The zero-order chi connectivity index (χ0) is 31.7. The summed E-state index contributed by atoms with van der Waals surface area (Å²) in [5, 5.41) is 0.983. The maximum atomic E-state index is 13.7. The van der Waals surface area contributed by atoms with Crippen LogP contribution >= 0.6 is 27.5 Å². The van der Waals surface area contributed by atoms with Crippen LogP contribution in [0.25, 0.3) is 22.2 Å². The van der Waals surface area contributed by atoms with Gasteiger partial charge in [-0.25, -0.2) is 9.78 Å². The number of aromatic nitrogens is 1. The van der Waals surface area contributed by atoms with Crippen molar-refractivity contribution in [2.75, 3.05) is 4.90 Å². The van der Waals surface area contributed by atoms with Crippen molar-refractivity contribution in [2.45, 2.75) is 33.3 Å². The molecule has 1 saturated carbocycles. The zero-order valence-electron chi connectivity index (χ0n) is 24.7. The highest BCUT2D eigenvalue weighted by molar-refractivity contribution is 9.10. The van der Waals surface area contributed by atoms with E-state index in [1.165, 1.54) is 4.90 Å². The Morgan fingerprint density at radius 1 is 0.956 bits per heavy atom. The number of halogens is 2. The number of hydrogen-bond acceptors (Lipinski definition) is 6. The summed E-state index contributed by atoms with van der Waals surface area (Å²) in [6.45, 7) is 5.30. The topological polar surface area (TPSA) is 93.6 Å². The monoisotopic (exact) mass is 682 g/mol. The van der Waals surface area contributed by atoms with E-state index in [1.54, 1.807) is 55.5 Å². The first-order chi connectivity index (χ1) is 21.5. The lowest BCUT2D eigenvalue weighted by molar-refractivity contribution is -0.123. The lowest BCUT2D eigenvalue weighted by atomic mass is 9.85. The van der Waals surface area contributed by atoms with Gasteiger partial charge in [-0.2, -0.15) is 0 Å². The Morgan fingerprint density at radius 3 is 2.20 bits per heavy atom. The van der Waals surface area contributed by atoms with Gasteiger partial charge in [0.1, 0.15) is 0 Å². The molecular formula is C36H28BrClN2O5. The highest BCUT2D eigenvalue weighted by Gasteiger charge is 2.59. The summed E-state index contributed by atoms with van der Waals surface area (Å²) in [7, 11) is 0. The number of anilines is 1. The van der Waals surface area contributed by atoms with Gasteiger partial charge in [-0.15, -0.1) is 0 Å². The van der Waals surface area contributed by atoms with E-state index in [2.05, 4.69) is 28.1 Å². The molecule has 1 saturated heterocycles. The summed E-state index contributed by atoms with van der Waals surface area (Å²) in [4.78, 5) is 59.5. The summed E-state index contributed by atoms with van der Waals surface area (Å²) in [6, 6.07) is 17.5. The van der Waals surface area contributed by atoms with Gasteiger partial charge >= 0.3 is 5.97 Å². The van der Waals surface area contributed by atoms with Crippen LogP contribution in [-0.2, 0) is 14.3 Å². The number of ether oxygens (including phenoxy) is 1. The molecule has 5 unspecified atom stereocenters. The number of allylic oxidation sites excluding steroid dienone is 2. The fraction of sp³-hybridized carbons (Fsp3) is 0.250. The first kappa shape index (κ1) is 29.6. The summed E-state index contributed by atoms with van der Waals surface area (Å²) in [5.74, 6) is -1.58. The summed E-state index contributed by atoms with van der Waals surface area (Å²) in [5.41, 5.74) is 4.52. The summed E-state index contributed by atoms with van der Waals surface area (Å²) < 4.78 is 6.31. The largest absolute Gasteiger partial charge is 0.451 e. The van der Waals surface area contributed by atoms with Gasteiger partial charge in [-0.1, -0.05) is 65.7 Å². The molecule has 226 valence electrons. The molecule has 4 aromatic rings. The van der Waals surface area contributed by atoms with Crippen LogP contribution in [-0.4, -0.2) is 34.7 Å². The van der Waals surface area contributed by atoms with E-state index >= 15 is 0 Å². The van der Waals surface area contributed by atoms with E-state index in [4.69, 9.17) is 21.3 Å². The Bertz CT molecular complexity index is 1940. The van der Waals surface area contributed by atoms with E-state index in [-0.39, 0.29) is 46.8 Å². The number of carbonyl (C=O) groups excluding carboxylic acids is 4. The van der Waals surface area contributed by atoms with Crippen LogP contribution in [0.5, 0.6) is 0 Å². The molecule has 1 aliphatic heterocycles. The number of amides is 2. The number of aryl methyl sites for hydroxylation is 2. The van der Waals surface area contributed by atoms with Gasteiger partial charge in [0, 0.05) is 21.0 Å². The SMILES string of the molecule is Cc1ccc(C(=O)C(C)OC(=O)c2cc(-c3ccc(N4C(=O)C5C6C=CC(C6)C5C4=O)cc3)nc3c(C)c(Cl)c(Br)cc23)cc1. The third-order valence-electron chi connectivity index (χ3n) is 9.32. The molecule has 0 spiro atoms. The second-order valence-electron chi connectivity index (χ2n) is 12.1. The predicted octanol–water partition coefficient (Wildman–Crippen LogP) is 7.67. The van der Waals surface area contributed by atoms with Crippen molar-refractivity contribution in [2.24, 2.45) is 23.7 Å². The lowest BCUT2D eigenvalue weighted by Gasteiger charge is -2.18. The van der Waals surface area contributed by atoms with Gasteiger partial charge in [0.05, 0.1) is 39.3 Å². The molecule has 3 aromatic carbocycles. The van der Waals surface area contributed by atoms with Gasteiger partial charge in [0.2, 0.25) is 17.6 Å². The maximum Gasteiger partial charge on any atom is 0.339 e. The predicted molar refractivity (Wildman–Crippen MR) is 175 cm³/mol. The number of hydrogen-bond donors (Lipinski definition) is 0. The van der Waals surface area contributed by atoms with Crippen molar-refractivity contribution in [3.05, 3.63) is 105 Å². The third-order valence-corrected chi connectivity index (χ3v) is 10.7. The molecule has 2 heterocycles. The van der Waals surface area contributed by atoms with E-state index in [0.717, 1.165) is 12.0 Å². The first-order valence-corrected chi connectivity index (χ1v) is 16.0. The van der Waals surface area contributed by atoms with Crippen molar-refractivity contribution < 1.29 is 23.9 Å².